The monoisotopic (exact) mass is 515 g/mol. The number of nitriles is 1. The van der Waals surface area contributed by atoms with Gasteiger partial charge < -0.3 is 5.32 Å². The van der Waals surface area contributed by atoms with Crippen LogP contribution in [0.4, 0.5) is 5.69 Å². The Balaban J connectivity index is 1.88. The van der Waals surface area contributed by atoms with Crippen LogP contribution in [0.5, 0.6) is 0 Å². The maximum atomic E-state index is 12.4. The molecule has 0 spiro atoms. The zero-order chi connectivity index (χ0) is 22.5. The fraction of sp³-hybridized carbons (Fsp3) is 0.217. The number of Topliss-reactive ketones (excluding diaryl/α,β-unsaturated/α-hetero) is 1. The van der Waals surface area contributed by atoms with Crippen LogP contribution in [0, 0.1) is 17.2 Å². The Hall–Kier alpha value is -2.40. The Morgan fingerprint density at radius 1 is 1.23 bits per heavy atom. The fourth-order valence-electron chi connectivity index (χ4n) is 3.51. The predicted octanol–water partition coefficient (Wildman–Crippen LogP) is 5.97. The highest BCUT2D eigenvalue weighted by Crippen LogP contribution is 2.44. The van der Waals surface area contributed by atoms with Gasteiger partial charge in [-0.3, -0.25) is 9.59 Å². The molecule has 8 heteroatoms. The third-order valence-corrected chi connectivity index (χ3v) is 6.73. The van der Waals surface area contributed by atoms with Gasteiger partial charge in [-0.2, -0.15) is 5.26 Å². The van der Waals surface area contributed by atoms with E-state index in [0.717, 1.165) is 4.47 Å². The van der Waals surface area contributed by atoms with Gasteiger partial charge in [0.25, 0.3) is 0 Å². The average molecular weight is 517 g/mol. The van der Waals surface area contributed by atoms with Crippen LogP contribution in [0.1, 0.15) is 25.3 Å². The molecule has 3 rings (SSSR count). The van der Waals surface area contributed by atoms with Crippen LogP contribution in [-0.2, 0) is 9.59 Å². The van der Waals surface area contributed by atoms with Gasteiger partial charge in [0, 0.05) is 26.8 Å². The van der Waals surface area contributed by atoms with E-state index < -0.39 is 11.8 Å². The lowest BCUT2D eigenvalue weighted by molar-refractivity contribution is -0.119. The molecule has 1 aliphatic rings. The van der Waals surface area contributed by atoms with Crippen molar-refractivity contribution in [2.24, 2.45) is 10.9 Å². The zero-order valence-corrected chi connectivity index (χ0v) is 20.0. The van der Waals surface area contributed by atoms with Crippen molar-refractivity contribution < 1.29 is 9.59 Å². The quantitative estimate of drug-likeness (QED) is 0.512. The van der Waals surface area contributed by atoms with E-state index in [9.17, 15) is 14.9 Å². The van der Waals surface area contributed by atoms with Gasteiger partial charge in [0.2, 0.25) is 5.91 Å². The Morgan fingerprint density at radius 2 is 1.90 bits per heavy atom. The molecule has 1 heterocycles. The van der Waals surface area contributed by atoms with Crippen LogP contribution >= 0.6 is 39.3 Å². The highest BCUT2D eigenvalue weighted by molar-refractivity contribution is 9.10. The van der Waals surface area contributed by atoms with Gasteiger partial charge in [-0.05, 0) is 49.7 Å². The van der Waals surface area contributed by atoms with E-state index in [-0.39, 0.29) is 17.4 Å². The van der Waals surface area contributed by atoms with E-state index in [2.05, 4.69) is 32.3 Å². The lowest BCUT2D eigenvalue weighted by atomic mass is 9.75. The van der Waals surface area contributed by atoms with Crippen molar-refractivity contribution in [2.75, 3.05) is 11.1 Å². The summed E-state index contributed by atoms with van der Waals surface area (Å²) in [4.78, 5) is 29.4. The van der Waals surface area contributed by atoms with Gasteiger partial charge in [0.05, 0.1) is 23.3 Å². The van der Waals surface area contributed by atoms with Crippen LogP contribution in [-0.4, -0.2) is 23.2 Å². The normalized spacial score (nSPS) is 18.2. The molecular weight excluding hydrogens is 498 g/mol. The number of hydrogen-bond donors (Lipinski definition) is 1. The van der Waals surface area contributed by atoms with E-state index in [4.69, 9.17) is 11.6 Å². The van der Waals surface area contributed by atoms with Gasteiger partial charge in [0.1, 0.15) is 10.8 Å². The summed E-state index contributed by atoms with van der Waals surface area (Å²) in [5, 5.41) is 13.7. The van der Waals surface area contributed by atoms with E-state index in [1.165, 1.54) is 18.7 Å². The first-order chi connectivity index (χ1) is 14.8. The minimum Gasteiger partial charge on any atom is -0.325 e. The van der Waals surface area contributed by atoms with E-state index in [0.29, 0.717) is 32.6 Å². The second-order valence-corrected chi connectivity index (χ2v) is 9.30. The standard InChI is InChI=1S/C23H19BrClN3O2S/c1-13-21(14(2)29)22(17-5-3-4-6-19(17)25)18(11-26)23(27-13)31-12-20(30)28-16-9-7-15(24)8-10-16/h3-10,21-22H,12H2,1-2H3,(H,28,30)/t21?,22-/m1/s1. The minimum absolute atomic E-state index is 0.0767. The maximum absolute atomic E-state index is 12.4. The van der Waals surface area contributed by atoms with Crippen LogP contribution in [0.15, 0.2) is 68.6 Å². The summed E-state index contributed by atoms with van der Waals surface area (Å²) in [5.74, 6) is -1.34. The molecule has 0 fully saturated rings. The van der Waals surface area contributed by atoms with Crippen LogP contribution < -0.4 is 5.32 Å². The number of thioether (sulfide) groups is 1. The molecule has 2 aromatic rings. The van der Waals surface area contributed by atoms with Crippen LogP contribution in [0.25, 0.3) is 0 Å². The minimum atomic E-state index is -0.574. The van der Waals surface area contributed by atoms with Crippen molar-refractivity contribution in [3.05, 3.63) is 74.2 Å². The summed E-state index contributed by atoms with van der Waals surface area (Å²) >= 11 is 11.0. The number of ketones is 1. The molecule has 1 aliphatic heterocycles. The number of rotatable bonds is 6. The number of carbonyl (C=O) groups is 2. The van der Waals surface area contributed by atoms with Gasteiger partial charge in [-0.1, -0.05) is 57.5 Å². The Morgan fingerprint density at radius 3 is 2.52 bits per heavy atom. The molecule has 0 aliphatic carbocycles. The molecule has 0 saturated carbocycles. The SMILES string of the molecule is CC(=O)C1C(C)=NC(SCC(=O)Nc2ccc(Br)cc2)=C(C#N)[C@H]1c1ccccc1Cl. The number of nitrogens with one attached hydrogen (secondary N) is 1. The van der Waals surface area contributed by atoms with E-state index in [1.54, 1.807) is 31.2 Å². The van der Waals surface area contributed by atoms with Crippen molar-refractivity contribution in [3.8, 4) is 6.07 Å². The number of hydrogen-bond acceptors (Lipinski definition) is 5. The molecule has 0 saturated heterocycles. The van der Waals surface area contributed by atoms with E-state index in [1.807, 2.05) is 24.3 Å². The van der Waals surface area contributed by atoms with Crippen molar-refractivity contribution in [2.45, 2.75) is 19.8 Å². The number of nitrogens with zero attached hydrogens (tertiary/aromatic N) is 2. The molecular formula is C23H19BrClN3O2S. The molecule has 1 unspecified atom stereocenters. The molecule has 5 nitrogen and oxygen atoms in total. The predicted molar refractivity (Wildman–Crippen MR) is 129 cm³/mol. The largest absolute Gasteiger partial charge is 0.325 e. The summed E-state index contributed by atoms with van der Waals surface area (Å²) in [7, 11) is 0. The van der Waals surface area contributed by atoms with Gasteiger partial charge in [-0.25, -0.2) is 4.99 Å². The number of aliphatic imine (C=N–C) groups is 1. The molecule has 158 valence electrons. The number of amides is 1. The second kappa shape index (κ2) is 10.3. The van der Waals surface area contributed by atoms with Gasteiger partial charge >= 0.3 is 0 Å². The first kappa shape index (κ1) is 23.3. The second-order valence-electron chi connectivity index (χ2n) is 7.02. The maximum Gasteiger partial charge on any atom is 0.234 e. The number of halogens is 2. The molecule has 0 radical (unpaired) electrons. The molecule has 1 amide bonds. The van der Waals surface area contributed by atoms with Crippen LogP contribution in [0.2, 0.25) is 5.02 Å². The summed E-state index contributed by atoms with van der Waals surface area (Å²) in [6.45, 7) is 3.26. The first-order valence-electron chi connectivity index (χ1n) is 9.44. The summed E-state index contributed by atoms with van der Waals surface area (Å²) in [6, 6.07) is 16.7. The molecule has 31 heavy (non-hydrogen) atoms. The Kier molecular flexibility index (Phi) is 7.71. The van der Waals surface area contributed by atoms with Crippen molar-refractivity contribution >= 4 is 62.4 Å². The number of carbonyl (C=O) groups excluding carboxylic acids is 2. The highest BCUT2D eigenvalue weighted by Gasteiger charge is 2.38. The summed E-state index contributed by atoms with van der Waals surface area (Å²) in [6.07, 6.45) is 0. The zero-order valence-electron chi connectivity index (χ0n) is 16.9. The number of anilines is 1. The van der Waals surface area contributed by atoms with Crippen LogP contribution in [0.3, 0.4) is 0 Å². The van der Waals surface area contributed by atoms with Gasteiger partial charge in [-0.15, -0.1) is 0 Å². The lowest BCUT2D eigenvalue weighted by Crippen LogP contribution is -2.31. The van der Waals surface area contributed by atoms with E-state index >= 15 is 0 Å². The first-order valence-corrected chi connectivity index (χ1v) is 11.6. The van der Waals surface area contributed by atoms with Crippen molar-refractivity contribution in [1.82, 2.24) is 0 Å². The number of allylic oxidation sites excluding steroid dienone is 1. The third kappa shape index (κ3) is 5.45. The number of benzene rings is 2. The molecule has 0 aromatic heterocycles. The fourth-order valence-corrected chi connectivity index (χ4v) is 4.91. The van der Waals surface area contributed by atoms with Crippen molar-refractivity contribution in [3.63, 3.8) is 0 Å². The smallest absolute Gasteiger partial charge is 0.234 e. The lowest BCUT2D eigenvalue weighted by Gasteiger charge is -2.30. The van der Waals surface area contributed by atoms with Gasteiger partial charge in [0.15, 0.2) is 0 Å². The molecule has 2 aromatic carbocycles. The highest BCUT2D eigenvalue weighted by atomic mass is 79.9. The molecule has 0 bridgehead atoms. The summed E-state index contributed by atoms with van der Waals surface area (Å²) in [5.41, 5.74) is 2.33. The van der Waals surface area contributed by atoms with Crippen molar-refractivity contribution in [1.29, 1.82) is 5.26 Å². The molecule has 2 atom stereocenters. The summed E-state index contributed by atoms with van der Waals surface area (Å²) < 4.78 is 0.918. The third-order valence-electron chi connectivity index (χ3n) is 4.87. The molecule has 1 N–H and O–H groups in total. The Labute approximate surface area is 198 Å². The Bertz CT molecular complexity index is 1120. The average Bonchev–Trinajstić information content (AvgIpc) is 2.73. The topological polar surface area (TPSA) is 82.3 Å².